The van der Waals surface area contributed by atoms with E-state index in [9.17, 15) is 19.2 Å². The average molecular weight is 762 g/mol. The molecule has 0 aromatic carbocycles. The molecular formula is C9H12O6W2Y2-4. The van der Waals surface area contributed by atoms with Gasteiger partial charge in [0.25, 0.3) is 0 Å². The molecule has 0 aliphatic carbocycles. The first-order chi connectivity index (χ1) is 6.25. The van der Waals surface area contributed by atoms with Crippen LogP contribution in [0.1, 0.15) is 7.43 Å². The molecule has 2 radical (unpaired) electrons. The fourth-order valence-corrected chi connectivity index (χ4v) is 0.254. The molecule has 106 valence electrons. The quantitative estimate of drug-likeness (QED) is 0.198. The van der Waals surface area contributed by atoms with Crippen molar-refractivity contribution in [3.05, 3.63) is 27.7 Å². The topological polar surface area (TPSA) is 86.7 Å². The summed E-state index contributed by atoms with van der Waals surface area (Å²) >= 11 is 0. The van der Waals surface area contributed by atoms with Gasteiger partial charge in [0.05, 0.1) is 0 Å². The molecule has 0 saturated carbocycles. The summed E-state index contributed by atoms with van der Waals surface area (Å²) in [5.41, 5.74) is 0. The van der Waals surface area contributed by atoms with Gasteiger partial charge in [-0.1, -0.05) is 7.43 Å². The van der Waals surface area contributed by atoms with Crippen molar-refractivity contribution in [3.63, 3.8) is 0 Å². The molecule has 19 heavy (non-hydrogen) atoms. The Hall–Kier alpha value is 1.34. The Bertz CT molecular complexity index is 211. The van der Waals surface area contributed by atoms with E-state index >= 15 is 0 Å². The number of ether oxygens (including phenoxy) is 2. The van der Waals surface area contributed by atoms with Crippen LogP contribution in [-0.2, 0) is 136 Å². The second kappa shape index (κ2) is 27.6. The van der Waals surface area contributed by atoms with E-state index in [2.05, 4.69) is 37.2 Å². The zero-order valence-corrected chi connectivity index (χ0v) is 20.8. The van der Waals surface area contributed by atoms with Crippen LogP contribution in [0.2, 0.25) is 0 Å². The van der Waals surface area contributed by atoms with E-state index in [-0.39, 0.29) is 115 Å². The Labute approximate surface area is 192 Å². The van der Waals surface area contributed by atoms with E-state index in [1.54, 1.807) is 0 Å². The molecule has 0 aromatic rings. The monoisotopic (exact) mass is 762 g/mol. The Morgan fingerprint density at radius 1 is 0.579 bits per heavy atom. The van der Waals surface area contributed by atoms with Gasteiger partial charge >= 0.3 is 0 Å². The third-order valence-corrected chi connectivity index (χ3v) is 0.455. The van der Waals surface area contributed by atoms with Gasteiger partial charge in [-0.15, -0.1) is 0 Å². The molecule has 0 aliphatic rings. The smallest absolute Gasteiger partial charge is 0.173 e. The van der Waals surface area contributed by atoms with Crippen molar-refractivity contribution < 1.29 is 136 Å². The molecule has 0 rings (SSSR count). The van der Waals surface area contributed by atoms with Crippen LogP contribution >= 0.6 is 0 Å². The molecule has 0 N–H and O–H groups in total. The number of rotatable bonds is 0. The molecule has 0 bridgehead atoms. The Balaban J connectivity index is -0.0000000240. The van der Waals surface area contributed by atoms with Crippen LogP contribution in [0, 0.1) is 27.7 Å². The molecule has 6 nitrogen and oxygen atoms in total. The van der Waals surface area contributed by atoms with Crippen molar-refractivity contribution in [3.8, 4) is 0 Å². The van der Waals surface area contributed by atoms with Gasteiger partial charge in [0, 0.05) is 108 Å². The van der Waals surface area contributed by atoms with Crippen LogP contribution in [0.5, 0.6) is 0 Å². The first-order valence-corrected chi connectivity index (χ1v) is 3.05. The molecule has 0 fully saturated rings. The summed E-state index contributed by atoms with van der Waals surface area (Å²) in [4.78, 5) is 38.6. The zero-order chi connectivity index (χ0) is 11.7. The normalized spacial score (nSPS) is 5.47. The van der Waals surface area contributed by atoms with E-state index in [0.29, 0.717) is 0 Å². The van der Waals surface area contributed by atoms with Crippen molar-refractivity contribution in [1.82, 2.24) is 0 Å². The molecule has 0 heterocycles. The number of hydrogen-bond donors (Lipinski definition) is 0. The molecule has 0 saturated heterocycles. The first kappa shape index (κ1) is 42.8. The summed E-state index contributed by atoms with van der Waals surface area (Å²) in [7, 11) is 0. The minimum atomic E-state index is -0.875. The third-order valence-electron chi connectivity index (χ3n) is 0.455. The maximum Gasteiger partial charge on any atom is 0.173 e. The van der Waals surface area contributed by atoms with Crippen molar-refractivity contribution in [2.75, 3.05) is 0 Å². The van der Waals surface area contributed by atoms with Crippen molar-refractivity contribution in [1.29, 1.82) is 0 Å². The van der Waals surface area contributed by atoms with Crippen LogP contribution in [0.3, 0.4) is 0 Å². The molecule has 0 spiro atoms. The number of carbonyl (C=O) groups is 4. The van der Waals surface area contributed by atoms with E-state index in [4.69, 9.17) is 0 Å². The Kier molecular flexibility index (Phi) is 62.2. The molecule has 0 aliphatic heterocycles. The summed E-state index contributed by atoms with van der Waals surface area (Å²) in [6.45, 7) is 11.0. The number of carbonyl (C=O) groups excluding carboxylic acids is 4. The Morgan fingerprint density at radius 3 is 0.684 bits per heavy atom. The molecule has 0 unspecified atom stereocenters. The minimum Gasteiger partial charge on any atom is -0.447 e. The molecule has 0 amide bonds. The number of esters is 4. The fraction of sp³-hybridized carbons (Fsp3) is 0.111. The van der Waals surface area contributed by atoms with E-state index in [1.165, 1.54) is 0 Å². The predicted octanol–water partition coefficient (Wildman–Crippen LogP) is 0.0749. The second-order valence-electron chi connectivity index (χ2n) is 1.69. The standard InChI is InChI=1S/2C4H4O3.CH4.2W.2Y/c2*1-3(5)7-4(2)6;;;;;/h2*1-2H2;1H4;;;;/q2*-2;;;;;. The summed E-state index contributed by atoms with van der Waals surface area (Å²) in [6, 6.07) is 0. The van der Waals surface area contributed by atoms with Gasteiger partial charge < -0.3 is 9.47 Å². The molecular weight excluding hydrogens is 750 g/mol. The summed E-state index contributed by atoms with van der Waals surface area (Å²) in [5, 5.41) is 0. The van der Waals surface area contributed by atoms with Crippen molar-refractivity contribution >= 4 is 23.9 Å². The minimum absolute atomic E-state index is 0. The molecule has 0 atom stereocenters. The van der Waals surface area contributed by atoms with Gasteiger partial charge in [0.2, 0.25) is 0 Å². The van der Waals surface area contributed by atoms with E-state index in [1.807, 2.05) is 0 Å². The van der Waals surface area contributed by atoms with Crippen LogP contribution in [0.25, 0.3) is 0 Å². The Morgan fingerprint density at radius 2 is 0.684 bits per heavy atom. The van der Waals surface area contributed by atoms with Gasteiger partial charge in [-0.2, -0.15) is 0 Å². The van der Waals surface area contributed by atoms with Gasteiger partial charge in [0.15, 0.2) is 23.9 Å². The van der Waals surface area contributed by atoms with Gasteiger partial charge in [0.1, 0.15) is 0 Å². The van der Waals surface area contributed by atoms with Crippen molar-refractivity contribution in [2.24, 2.45) is 0 Å². The second-order valence-corrected chi connectivity index (χ2v) is 1.69. The third kappa shape index (κ3) is 66.6. The summed E-state index contributed by atoms with van der Waals surface area (Å²) in [5.74, 6) is -3.50. The maximum absolute atomic E-state index is 9.66. The predicted molar refractivity (Wildman–Crippen MR) is 50.4 cm³/mol. The SMILES string of the molecule is C.[CH2-]C(=O)OC([CH2-])=O.[CH2-]C(=O)OC([CH2-])=O.[W].[W].[Y].[Y]. The van der Waals surface area contributed by atoms with Crippen molar-refractivity contribution in [2.45, 2.75) is 7.43 Å². The van der Waals surface area contributed by atoms with Crippen LogP contribution in [0.4, 0.5) is 0 Å². The number of hydrogen-bond acceptors (Lipinski definition) is 6. The van der Waals surface area contributed by atoms with Crippen LogP contribution in [0.15, 0.2) is 0 Å². The maximum atomic E-state index is 9.66. The van der Waals surface area contributed by atoms with Crippen LogP contribution in [-0.4, -0.2) is 23.9 Å². The van der Waals surface area contributed by atoms with Gasteiger partial charge in [-0.05, 0) is 0 Å². The van der Waals surface area contributed by atoms with Crippen LogP contribution < -0.4 is 0 Å². The van der Waals surface area contributed by atoms with Gasteiger partial charge in [-0.3, -0.25) is 46.9 Å². The molecule has 10 heteroatoms. The first-order valence-electron chi connectivity index (χ1n) is 3.05. The zero-order valence-electron chi connectivity index (χ0n) is 9.25. The average Bonchev–Trinajstić information content (AvgIpc) is 1.79. The molecule has 0 aromatic heterocycles. The van der Waals surface area contributed by atoms with E-state index < -0.39 is 23.9 Å². The van der Waals surface area contributed by atoms with E-state index in [0.717, 1.165) is 0 Å². The fourth-order valence-electron chi connectivity index (χ4n) is 0.254. The summed E-state index contributed by atoms with van der Waals surface area (Å²) < 4.78 is 7.50. The summed E-state index contributed by atoms with van der Waals surface area (Å²) in [6.07, 6.45) is 0. The van der Waals surface area contributed by atoms with Gasteiger partial charge in [-0.25, -0.2) is 0 Å². The largest absolute Gasteiger partial charge is 0.447 e.